The van der Waals surface area contributed by atoms with Crippen LogP contribution in [0.5, 0.6) is 0 Å². The van der Waals surface area contributed by atoms with Crippen molar-refractivity contribution in [2.24, 2.45) is 0 Å². The van der Waals surface area contributed by atoms with E-state index in [1.165, 1.54) is 12.1 Å². The first-order valence-corrected chi connectivity index (χ1v) is 7.37. The number of carbonyl (C=O) groups is 2. The minimum atomic E-state index is -1.01. The molecular formula is C14H12Br2MnN2O4. The molecule has 2 rings (SSSR count). The van der Waals surface area contributed by atoms with Crippen LogP contribution in [0.4, 0.5) is 11.4 Å². The topological polar surface area (TPSA) is 127 Å². The number of halogens is 2. The van der Waals surface area contributed by atoms with Gasteiger partial charge in [-0.05, 0) is 36.4 Å². The summed E-state index contributed by atoms with van der Waals surface area (Å²) in [5.74, 6) is -2.02. The van der Waals surface area contributed by atoms with Crippen molar-refractivity contribution in [2.75, 3.05) is 11.5 Å². The predicted molar refractivity (Wildman–Crippen MR) is 91.0 cm³/mol. The van der Waals surface area contributed by atoms with Gasteiger partial charge in [-0.3, -0.25) is 0 Å². The number of anilines is 2. The molecule has 1 radical (unpaired) electrons. The first-order valence-electron chi connectivity index (χ1n) is 5.79. The van der Waals surface area contributed by atoms with Crippen molar-refractivity contribution in [3.63, 3.8) is 0 Å². The molecule has 0 unspecified atom stereocenters. The van der Waals surface area contributed by atoms with E-state index in [4.69, 9.17) is 21.7 Å². The van der Waals surface area contributed by atoms with Gasteiger partial charge in [-0.1, -0.05) is 31.9 Å². The van der Waals surface area contributed by atoms with Gasteiger partial charge in [-0.25, -0.2) is 9.59 Å². The molecular weight excluding hydrogens is 475 g/mol. The van der Waals surface area contributed by atoms with Crippen molar-refractivity contribution in [3.8, 4) is 0 Å². The van der Waals surface area contributed by atoms with E-state index in [1.54, 1.807) is 24.3 Å². The van der Waals surface area contributed by atoms with Crippen molar-refractivity contribution in [3.05, 3.63) is 56.5 Å². The van der Waals surface area contributed by atoms with E-state index in [0.29, 0.717) is 8.95 Å². The molecule has 0 amide bonds. The van der Waals surface area contributed by atoms with Crippen LogP contribution in [0.1, 0.15) is 20.7 Å². The molecule has 0 aliphatic rings. The van der Waals surface area contributed by atoms with Gasteiger partial charge in [0.15, 0.2) is 0 Å². The molecule has 6 nitrogen and oxygen atoms in total. The third-order valence-corrected chi connectivity index (χ3v) is 3.48. The van der Waals surface area contributed by atoms with E-state index >= 15 is 0 Å². The average Bonchev–Trinajstić information content (AvgIpc) is 2.44. The summed E-state index contributed by atoms with van der Waals surface area (Å²) in [6.45, 7) is 0. The summed E-state index contributed by atoms with van der Waals surface area (Å²) in [4.78, 5) is 20.9. The smallest absolute Gasteiger partial charge is 0.337 e. The number of nitrogen functional groups attached to an aromatic ring is 2. The quantitative estimate of drug-likeness (QED) is 0.380. The van der Waals surface area contributed by atoms with Gasteiger partial charge in [0.25, 0.3) is 0 Å². The molecule has 2 aromatic carbocycles. The number of hydrogen-bond donors (Lipinski definition) is 4. The molecule has 2 aromatic rings. The number of aromatic carboxylic acids is 2. The second kappa shape index (κ2) is 9.57. The SMILES string of the molecule is Nc1ccc(Br)cc1C(=O)O.Nc1ccc(Br)cc1C(=O)O.[Mn]. The van der Waals surface area contributed by atoms with E-state index in [9.17, 15) is 9.59 Å². The third kappa shape index (κ3) is 6.62. The van der Waals surface area contributed by atoms with Gasteiger partial charge in [-0.15, -0.1) is 0 Å². The van der Waals surface area contributed by atoms with Crippen molar-refractivity contribution in [2.45, 2.75) is 0 Å². The van der Waals surface area contributed by atoms with Gasteiger partial charge < -0.3 is 21.7 Å². The maximum Gasteiger partial charge on any atom is 0.337 e. The summed E-state index contributed by atoms with van der Waals surface area (Å²) in [5.41, 5.74) is 11.6. The zero-order chi connectivity index (χ0) is 16.9. The minimum absolute atomic E-state index is 0. The van der Waals surface area contributed by atoms with Crippen LogP contribution in [0.2, 0.25) is 0 Å². The van der Waals surface area contributed by atoms with E-state index in [0.717, 1.165) is 0 Å². The van der Waals surface area contributed by atoms with Crippen LogP contribution in [0.15, 0.2) is 45.3 Å². The normalized spacial score (nSPS) is 9.13. The molecule has 0 aliphatic carbocycles. The molecule has 0 saturated heterocycles. The standard InChI is InChI=1S/2C7H6BrNO2.Mn/c2*8-4-1-2-6(9)5(3-4)7(10)11;/h2*1-3H,9H2,(H,10,11);. The fraction of sp³-hybridized carbons (Fsp3) is 0. The maximum atomic E-state index is 10.5. The van der Waals surface area contributed by atoms with Crippen LogP contribution in [0, 0.1) is 0 Å². The van der Waals surface area contributed by atoms with Crippen molar-refractivity contribution in [1.29, 1.82) is 0 Å². The van der Waals surface area contributed by atoms with Crippen LogP contribution >= 0.6 is 31.9 Å². The molecule has 0 aromatic heterocycles. The zero-order valence-corrected chi connectivity index (χ0v) is 15.8. The van der Waals surface area contributed by atoms with Gasteiger partial charge in [0.2, 0.25) is 0 Å². The predicted octanol–water partition coefficient (Wildman–Crippen LogP) is 3.46. The Morgan fingerprint density at radius 1 is 0.783 bits per heavy atom. The van der Waals surface area contributed by atoms with Gasteiger partial charge >= 0.3 is 11.9 Å². The summed E-state index contributed by atoms with van der Waals surface area (Å²) >= 11 is 6.29. The summed E-state index contributed by atoms with van der Waals surface area (Å²) in [5, 5.41) is 17.2. The molecule has 0 spiro atoms. The minimum Gasteiger partial charge on any atom is -0.478 e. The van der Waals surface area contributed by atoms with E-state index in [-0.39, 0.29) is 39.6 Å². The zero-order valence-electron chi connectivity index (χ0n) is 11.5. The fourth-order valence-electron chi connectivity index (χ4n) is 1.43. The summed E-state index contributed by atoms with van der Waals surface area (Å²) < 4.78 is 1.42. The van der Waals surface area contributed by atoms with Gasteiger partial charge in [-0.2, -0.15) is 0 Å². The Balaban J connectivity index is 0.000000403. The molecule has 0 fully saturated rings. The largest absolute Gasteiger partial charge is 0.478 e. The second-order valence-electron chi connectivity index (χ2n) is 4.07. The monoisotopic (exact) mass is 485 g/mol. The molecule has 0 heterocycles. The Morgan fingerprint density at radius 2 is 1.09 bits per heavy atom. The molecule has 0 aliphatic heterocycles. The molecule has 9 heteroatoms. The average molecular weight is 487 g/mol. The Morgan fingerprint density at radius 3 is 1.30 bits per heavy atom. The number of rotatable bonds is 2. The summed E-state index contributed by atoms with van der Waals surface area (Å²) in [7, 11) is 0. The van der Waals surface area contributed by atoms with Crippen LogP contribution in [0.3, 0.4) is 0 Å². The van der Waals surface area contributed by atoms with E-state index in [2.05, 4.69) is 31.9 Å². The number of hydrogen-bond acceptors (Lipinski definition) is 4. The first kappa shape index (κ1) is 21.5. The maximum absolute atomic E-state index is 10.5. The third-order valence-electron chi connectivity index (χ3n) is 2.49. The Kier molecular flexibility index (Phi) is 8.92. The van der Waals surface area contributed by atoms with Crippen LogP contribution in [-0.4, -0.2) is 22.2 Å². The number of carboxylic acid groups (broad SMARTS) is 2. The van der Waals surface area contributed by atoms with Crippen molar-refractivity contribution >= 4 is 55.2 Å². The number of nitrogens with two attached hydrogens (primary N) is 2. The molecule has 0 saturated carbocycles. The fourth-order valence-corrected chi connectivity index (χ4v) is 2.15. The summed E-state index contributed by atoms with van der Waals surface area (Å²) in [6.07, 6.45) is 0. The Bertz CT molecular complexity index is 664. The Hall–Kier alpha value is -1.54. The van der Waals surface area contributed by atoms with E-state index in [1.807, 2.05) is 0 Å². The van der Waals surface area contributed by atoms with Gasteiger partial charge in [0, 0.05) is 37.4 Å². The van der Waals surface area contributed by atoms with Crippen molar-refractivity contribution in [1.82, 2.24) is 0 Å². The van der Waals surface area contributed by atoms with Crippen LogP contribution < -0.4 is 11.5 Å². The van der Waals surface area contributed by atoms with Crippen LogP contribution in [0.25, 0.3) is 0 Å². The van der Waals surface area contributed by atoms with Gasteiger partial charge in [0.1, 0.15) is 0 Å². The van der Waals surface area contributed by atoms with Crippen molar-refractivity contribution < 1.29 is 36.9 Å². The van der Waals surface area contributed by atoms with E-state index < -0.39 is 11.9 Å². The molecule has 0 bridgehead atoms. The van der Waals surface area contributed by atoms with Gasteiger partial charge in [0.05, 0.1) is 11.1 Å². The number of carboxylic acids is 2. The first-order chi connectivity index (χ1) is 10.2. The summed E-state index contributed by atoms with van der Waals surface area (Å²) in [6, 6.07) is 9.43. The Labute approximate surface area is 159 Å². The second-order valence-corrected chi connectivity index (χ2v) is 5.90. The molecule has 23 heavy (non-hydrogen) atoms. The molecule has 0 atom stereocenters. The van der Waals surface area contributed by atoms with Crippen LogP contribution in [-0.2, 0) is 17.1 Å². The molecule has 123 valence electrons. The number of benzene rings is 2. The molecule has 6 N–H and O–H groups in total.